The van der Waals surface area contributed by atoms with Gasteiger partial charge in [-0.3, -0.25) is 0 Å². The van der Waals surface area contributed by atoms with E-state index < -0.39 is 10.0 Å². The van der Waals surface area contributed by atoms with E-state index >= 15 is 0 Å². The Bertz CT molecular complexity index is 920. The van der Waals surface area contributed by atoms with Gasteiger partial charge in [-0.2, -0.15) is 13.5 Å². The summed E-state index contributed by atoms with van der Waals surface area (Å²) in [4.78, 5) is 1.88. The number of halogens is 3. The molecule has 0 aliphatic carbocycles. The van der Waals surface area contributed by atoms with E-state index in [1.165, 1.54) is 30.5 Å². The molecule has 0 atom stereocenters. The molecular weight excluding hydrogens is 455 g/mol. The lowest BCUT2D eigenvalue weighted by Gasteiger charge is -2.08. The fraction of sp³-hybridized carbons (Fsp3) is 0.133. The van der Waals surface area contributed by atoms with Crippen molar-refractivity contribution in [3.63, 3.8) is 0 Å². The summed E-state index contributed by atoms with van der Waals surface area (Å²) in [5.74, 6) is 0.198. The monoisotopic (exact) mass is 466 g/mol. The molecule has 2 N–H and O–H groups in total. The standard InChI is InChI=1S/C15H13BrCl2N2O4S/c1-2-24-13-6-9(5-11(16)15(13)21)8-19-20-25(22,23)14-7-10(17)3-4-12(14)18/h3-8,20-21H,2H2,1H3. The molecule has 0 aromatic heterocycles. The van der Waals surface area contributed by atoms with Crippen molar-refractivity contribution in [3.8, 4) is 11.5 Å². The molecule has 0 spiro atoms. The third-order valence-electron chi connectivity index (χ3n) is 2.92. The predicted molar refractivity (Wildman–Crippen MR) is 101 cm³/mol. The Hall–Kier alpha value is -1.48. The van der Waals surface area contributed by atoms with Crippen LogP contribution in [0.4, 0.5) is 0 Å². The molecule has 6 nitrogen and oxygen atoms in total. The molecule has 0 bridgehead atoms. The van der Waals surface area contributed by atoms with Crippen LogP contribution in [0.2, 0.25) is 10.0 Å². The Kier molecular flexibility index (Phi) is 6.56. The number of nitrogens with zero attached hydrogens (tertiary/aromatic N) is 1. The topological polar surface area (TPSA) is 88.0 Å². The molecule has 0 aliphatic heterocycles. The van der Waals surface area contributed by atoms with Crippen molar-refractivity contribution in [3.05, 3.63) is 50.4 Å². The van der Waals surface area contributed by atoms with Crippen LogP contribution in [0, 0.1) is 0 Å². The maximum Gasteiger partial charge on any atom is 0.278 e. The number of phenols is 1. The van der Waals surface area contributed by atoms with Gasteiger partial charge in [0.15, 0.2) is 11.5 Å². The van der Waals surface area contributed by atoms with Crippen LogP contribution in [-0.4, -0.2) is 26.3 Å². The third kappa shape index (κ3) is 5.01. The van der Waals surface area contributed by atoms with Gasteiger partial charge in [0.1, 0.15) is 4.90 Å². The van der Waals surface area contributed by atoms with Crippen LogP contribution >= 0.6 is 39.1 Å². The van der Waals surface area contributed by atoms with Gasteiger partial charge in [-0.05, 0) is 58.7 Å². The van der Waals surface area contributed by atoms with Crippen LogP contribution in [0.5, 0.6) is 11.5 Å². The average Bonchev–Trinajstić information content (AvgIpc) is 2.54. The summed E-state index contributed by atoms with van der Waals surface area (Å²) in [7, 11) is -3.98. The number of ether oxygens (including phenoxy) is 1. The van der Waals surface area contributed by atoms with Gasteiger partial charge in [0.25, 0.3) is 10.0 Å². The first kappa shape index (κ1) is 19.8. The second-order valence-corrected chi connectivity index (χ2v) is 8.04. The van der Waals surface area contributed by atoms with Crippen molar-refractivity contribution in [2.45, 2.75) is 11.8 Å². The summed E-state index contributed by atoms with van der Waals surface area (Å²) in [6.07, 6.45) is 1.27. The van der Waals surface area contributed by atoms with E-state index in [9.17, 15) is 13.5 Å². The Labute approximate surface area is 163 Å². The Morgan fingerprint density at radius 1 is 1.32 bits per heavy atom. The number of rotatable bonds is 6. The second kappa shape index (κ2) is 8.27. The summed E-state index contributed by atoms with van der Waals surface area (Å²) < 4.78 is 30.2. The number of hydrogen-bond donors (Lipinski definition) is 2. The van der Waals surface area contributed by atoms with Crippen molar-refractivity contribution in [2.75, 3.05) is 6.61 Å². The van der Waals surface area contributed by atoms with Crippen molar-refractivity contribution in [1.82, 2.24) is 4.83 Å². The van der Waals surface area contributed by atoms with Gasteiger partial charge in [0.2, 0.25) is 0 Å². The van der Waals surface area contributed by atoms with Crippen LogP contribution in [0.25, 0.3) is 0 Å². The van der Waals surface area contributed by atoms with Gasteiger partial charge >= 0.3 is 0 Å². The molecule has 0 fully saturated rings. The highest BCUT2D eigenvalue weighted by atomic mass is 79.9. The molecule has 0 saturated heterocycles. The fourth-order valence-electron chi connectivity index (χ4n) is 1.84. The van der Waals surface area contributed by atoms with Crippen LogP contribution in [0.3, 0.4) is 0 Å². The normalized spacial score (nSPS) is 11.7. The average molecular weight is 468 g/mol. The highest BCUT2D eigenvalue weighted by Gasteiger charge is 2.17. The molecule has 0 aliphatic rings. The molecule has 10 heteroatoms. The van der Waals surface area contributed by atoms with Crippen molar-refractivity contribution >= 4 is 55.4 Å². The molecule has 0 heterocycles. The first-order valence-electron chi connectivity index (χ1n) is 6.90. The number of nitrogens with one attached hydrogen (secondary N) is 1. The molecule has 2 aromatic carbocycles. The Morgan fingerprint density at radius 3 is 2.72 bits per heavy atom. The van der Waals surface area contributed by atoms with E-state index in [1.807, 2.05) is 0 Å². The maximum absolute atomic E-state index is 12.2. The zero-order chi connectivity index (χ0) is 18.6. The van der Waals surface area contributed by atoms with E-state index in [0.717, 1.165) is 0 Å². The van der Waals surface area contributed by atoms with Crippen LogP contribution in [0.1, 0.15) is 12.5 Å². The molecular formula is C15H13BrCl2N2O4S. The molecule has 2 aromatic rings. The van der Waals surface area contributed by atoms with Gasteiger partial charge < -0.3 is 9.84 Å². The van der Waals surface area contributed by atoms with E-state index in [4.69, 9.17) is 27.9 Å². The molecule has 0 saturated carbocycles. The summed E-state index contributed by atoms with van der Waals surface area (Å²) in [5.41, 5.74) is 0.507. The fourth-order valence-corrected chi connectivity index (χ4v) is 3.85. The molecule has 2 rings (SSSR count). The van der Waals surface area contributed by atoms with Gasteiger partial charge in [-0.15, -0.1) is 0 Å². The van der Waals surface area contributed by atoms with Crippen LogP contribution < -0.4 is 9.57 Å². The summed E-state index contributed by atoms with van der Waals surface area (Å²) in [6.45, 7) is 2.14. The minimum atomic E-state index is -3.98. The quantitative estimate of drug-likeness (QED) is 0.492. The maximum atomic E-state index is 12.2. The lowest BCUT2D eigenvalue weighted by Crippen LogP contribution is -2.18. The van der Waals surface area contributed by atoms with Crippen molar-refractivity contribution < 1.29 is 18.3 Å². The number of hydrazone groups is 1. The van der Waals surface area contributed by atoms with Gasteiger partial charge in [0, 0.05) is 5.02 Å². The zero-order valence-electron chi connectivity index (χ0n) is 12.8. The molecule has 0 amide bonds. The number of hydrogen-bond acceptors (Lipinski definition) is 5. The summed E-state index contributed by atoms with van der Waals surface area (Å²) in [6, 6.07) is 7.17. The highest BCUT2D eigenvalue weighted by molar-refractivity contribution is 9.10. The van der Waals surface area contributed by atoms with E-state index in [-0.39, 0.29) is 26.4 Å². The SMILES string of the molecule is CCOc1cc(C=NNS(=O)(=O)c2cc(Cl)ccc2Cl)cc(Br)c1O. The lowest BCUT2D eigenvalue weighted by molar-refractivity contribution is 0.317. The number of phenolic OH excluding ortho intramolecular Hbond substituents is 1. The highest BCUT2D eigenvalue weighted by Crippen LogP contribution is 2.35. The van der Waals surface area contributed by atoms with Crippen molar-refractivity contribution in [2.24, 2.45) is 5.10 Å². The molecule has 134 valence electrons. The predicted octanol–water partition coefficient (Wildman–Crippen LogP) is 4.17. The largest absolute Gasteiger partial charge is 0.503 e. The van der Waals surface area contributed by atoms with Crippen molar-refractivity contribution in [1.29, 1.82) is 0 Å². The third-order valence-corrected chi connectivity index (χ3v) is 5.46. The molecule has 0 radical (unpaired) electrons. The van der Waals surface area contributed by atoms with Crippen LogP contribution in [-0.2, 0) is 10.0 Å². The zero-order valence-corrected chi connectivity index (χ0v) is 16.7. The van der Waals surface area contributed by atoms with Gasteiger partial charge in [0.05, 0.1) is 22.3 Å². The summed E-state index contributed by atoms with van der Waals surface area (Å²) >= 11 is 14.9. The number of aromatic hydroxyl groups is 1. The first-order valence-corrected chi connectivity index (χ1v) is 9.93. The van der Waals surface area contributed by atoms with E-state index in [2.05, 4.69) is 25.9 Å². The summed E-state index contributed by atoms with van der Waals surface area (Å²) in [5, 5.41) is 13.8. The van der Waals surface area contributed by atoms with E-state index in [0.29, 0.717) is 16.6 Å². The van der Waals surface area contributed by atoms with Gasteiger partial charge in [-0.25, -0.2) is 4.83 Å². The molecule has 0 unspecified atom stereocenters. The minimum absolute atomic E-state index is 0.0260. The smallest absolute Gasteiger partial charge is 0.278 e. The Balaban J connectivity index is 2.24. The number of benzene rings is 2. The molecule has 25 heavy (non-hydrogen) atoms. The Morgan fingerprint density at radius 2 is 2.04 bits per heavy atom. The van der Waals surface area contributed by atoms with Gasteiger partial charge in [-0.1, -0.05) is 23.2 Å². The van der Waals surface area contributed by atoms with E-state index in [1.54, 1.807) is 13.0 Å². The second-order valence-electron chi connectivity index (χ2n) is 4.71. The first-order chi connectivity index (χ1) is 11.7. The lowest BCUT2D eigenvalue weighted by atomic mass is 10.2. The minimum Gasteiger partial charge on any atom is -0.503 e. The number of sulfonamides is 1. The van der Waals surface area contributed by atoms with Crippen LogP contribution in [0.15, 0.2) is 44.8 Å².